The van der Waals surface area contributed by atoms with Crippen LogP contribution in [0.2, 0.25) is 0 Å². The van der Waals surface area contributed by atoms with Crippen LogP contribution in [0.5, 0.6) is 5.75 Å². The number of rotatable bonds is 12. The first kappa shape index (κ1) is 30.3. The lowest BCUT2D eigenvalue weighted by molar-refractivity contribution is -0.121. The topological polar surface area (TPSA) is 116 Å². The van der Waals surface area contributed by atoms with Crippen molar-refractivity contribution >= 4 is 29.3 Å². The molecule has 0 aromatic heterocycles. The van der Waals surface area contributed by atoms with Crippen molar-refractivity contribution in [3.8, 4) is 5.75 Å². The molecule has 2 rings (SSSR count). The molecule has 1 aromatic carbocycles. The first-order valence-corrected chi connectivity index (χ1v) is 12.0. The molecule has 0 radical (unpaired) electrons. The Morgan fingerprint density at radius 2 is 1.92 bits per heavy atom. The van der Waals surface area contributed by atoms with E-state index in [0.29, 0.717) is 22.7 Å². The maximum Gasteiger partial charge on any atom is 0.227 e. The number of hydrazone groups is 1. The summed E-state index contributed by atoms with van der Waals surface area (Å²) >= 11 is 0. The SMILES string of the molecule is C=C/C(C(=O)CC)=C(\C=C(/C)NC(=O)C1CC1)Nc1ccc(F)c(C(=N)/C=N\NC)c1OC.CCC. The van der Waals surface area contributed by atoms with Gasteiger partial charge in [0.15, 0.2) is 11.5 Å². The van der Waals surface area contributed by atoms with Gasteiger partial charge >= 0.3 is 0 Å². The predicted octanol–water partition coefficient (Wildman–Crippen LogP) is 5.08. The summed E-state index contributed by atoms with van der Waals surface area (Å²) in [6.45, 7) is 11.4. The van der Waals surface area contributed by atoms with Crippen LogP contribution < -0.4 is 20.8 Å². The second-order valence-electron chi connectivity index (χ2n) is 8.13. The molecule has 1 fully saturated rings. The molecule has 0 atom stereocenters. The first-order chi connectivity index (χ1) is 17.2. The molecule has 0 heterocycles. The quantitative estimate of drug-likeness (QED) is 0.138. The number of allylic oxidation sites excluding steroid dienone is 4. The number of carbonyl (C=O) groups excluding carboxylic acids is 2. The van der Waals surface area contributed by atoms with Crippen LogP contribution in [-0.2, 0) is 9.59 Å². The van der Waals surface area contributed by atoms with Crippen LogP contribution in [0, 0.1) is 17.1 Å². The van der Waals surface area contributed by atoms with Crippen molar-refractivity contribution < 1.29 is 18.7 Å². The average molecular weight is 500 g/mol. The monoisotopic (exact) mass is 499 g/mol. The molecule has 0 bridgehead atoms. The van der Waals surface area contributed by atoms with Gasteiger partial charge in [0.25, 0.3) is 0 Å². The number of carbonyl (C=O) groups is 2. The molecular formula is C27H38FN5O3. The normalized spacial score (nSPS) is 13.7. The molecule has 0 spiro atoms. The molecule has 0 unspecified atom stereocenters. The van der Waals surface area contributed by atoms with Gasteiger partial charge < -0.3 is 20.8 Å². The minimum Gasteiger partial charge on any atom is -0.494 e. The lowest BCUT2D eigenvalue weighted by Gasteiger charge is -2.18. The molecule has 196 valence electrons. The Hall–Kier alpha value is -3.75. The highest BCUT2D eigenvalue weighted by atomic mass is 19.1. The van der Waals surface area contributed by atoms with Crippen LogP contribution in [0.25, 0.3) is 0 Å². The highest BCUT2D eigenvalue weighted by Crippen LogP contribution is 2.33. The molecule has 0 aliphatic heterocycles. The number of ether oxygens (including phenoxy) is 1. The smallest absolute Gasteiger partial charge is 0.227 e. The number of hydrogen-bond acceptors (Lipinski definition) is 7. The standard InChI is InChI=1S/C24H30FN5O3.C3H8/c1-6-16(21(31)7-2)20(12-14(3)29-24(32)15-8-9-15)30-19-11-10-17(25)22(23(19)33-5)18(26)13-28-27-4;1-3-2/h6,10-13,15,26-27,30H,1,7-9H2,2-5H3,(H,29,32);3H2,1-2H3/b14-12+,20-16-,26-18?,28-13-;. The zero-order valence-electron chi connectivity index (χ0n) is 22.0. The van der Waals surface area contributed by atoms with Crippen molar-refractivity contribution in [3.63, 3.8) is 0 Å². The highest BCUT2D eigenvalue weighted by Gasteiger charge is 2.29. The van der Waals surface area contributed by atoms with Crippen LogP contribution in [-0.4, -0.2) is 37.8 Å². The van der Waals surface area contributed by atoms with Crippen LogP contribution in [0.1, 0.15) is 58.9 Å². The number of hydrogen-bond donors (Lipinski definition) is 4. The predicted molar refractivity (Wildman–Crippen MR) is 144 cm³/mol. The molecule has 0 saturated heterocycles. The third kappa shape index (κ3) is 8.79. The number of benzene rings is 1. The molecule has 1 aliphatic rings. The van der Waals surface area contributed by atoms with E-state index >= 15 is 0 Å². The van der Waals surface area contributed by atoms with Gasteiger partial charge in [-0.05, 0) is 38.0 Å². The molecule has 8 nitrogen and oxygen atoms in total. The van der Waals surface area contributed by atoms with Gasteiger partial charge in [0.05, 0.1) is 36.0 Å². The maximum atomic E-state index is 14.6. The summed E-state index contributed by atoms with van der Waals surface area (Å²) in [6, 6.07) is 2.64. The fourth-order valence-electron chi connectivity index (χ4n) is 3.10. The van der Waals surface area contributed by atoms with E-state index in [2.05, 4.69) is 41.6 Å². The Labute approximate surface area is 213 Å². The Morgan fingerprint density at radius 1 is 1.28 bits per heavy atom. The molecule has 1 amide bonds. The van der Waals surface area contributed by atoms with Gasteiger partial charge in [0.1, 0.15) is 5.82 Å². The number of methoxy groups -OCH3 is 1. The van der Waals surface area contributed by atoms with E-state index in [1.807, 2.05) is 0 Å². The van der Waals surface area contributed by atoms with Crippen molar-refractivity contribution in [1.82, 2.24) is 10.7 Å². The van der Waals surface area contributed by atoms with Crippen molar-refractivity contribution in [2.75, 3.05) is 19.5 Å². The van der Waals surface area contributed by atoms with Gasteiger partial charge in [-0.2, -0.15) is 5.10 Å². The molecule has 1 saturated carbocycles. The first-order valence-electron chi connectivity index (χ1n) is 12.0. The van der Waals surface area contributed by atoms with Gasteiger partial charge in [-0.25, -0.2) is 4.39 Å². The van der Waals surface area contributed by atoms with Gasteiger partial charge in [0.2, 0.25) is 5.91 Å². The Morgan fingerprint density at radius 3 is 2.42 bits per heavy atom. The van der Waals surface area contributed by atoms with E-state index in [-0.39, 0.29) is 41.1 Å². The van der Waals surface area contributed by atoms with E-state index < -0.39 is 5.82 Å². The van der Waals surface area contributed by atoms with Crippen LogP contribution >= 0.6 is 0 Å². The van der Waals surface area contributed by atoms with E-state index in [0.717, 1.165) is 19.1 Å². The second kappa shape index (κ2) is 15.3. The minimum absolute atomic E-state index is 0.0231. The Balaban J connectivity index is 0.00000205. The summed E-state index contributed by atoms with van der Waals surface area (Å²) in [5, 5.41) is 17.9. The van der Waals surface area contributed by atoms with E-state index in [1.165, 1.54) is 31.7 Å². The number of Topliss-reactive ketones (excluding diaryl/α,β-unsaturated/α-hetero) is 1. The van der Waals surface area contributed by atoms with Gasteiger partial charge in [-0.1, -0.05) is 39.8 Å². The molecule has 9 heteroatoms. The van der Waals surface area contributed by atoms with E-state index in [9.17, 15) is 14.0 Å². The summed E-state index contributed by atoms with van der Waals surface area (Å²) in [5.41, 5.74) is 3.74. The number of nitrogens with one attached hydrogen (secondary N) is 4. The summed E-state index contributed by atoms with van der Waals surface area (Å²) in [7, 11) is 2.92. The molecule has 4 N–H and O–H groups in total. The fourth-order valence-corrected chi connectivity index (χ4v) is 3.10. The third-order valence-corrected chi connectivity index (χ3v) is 4.92. The zero-order valence-corrected chi connectivity index (χ0v) is 22.0. The Bertz CT molecular complexity index is 1060. The number of halogens is 1. The number of amides is 1. The van der Waals surface area contributed by atoms with Crippen LogP contribution in [0.15, 0.2) is 52.9 Å². The largest absolute Gasteiger partial charge is 0.494 e. The van der Waals surface area contributed by atoms with E-state index in [4.69, 9.17) is 10.1 Å². The van der Waals surface area contributed by atoms with Gasteiger partial charge in [-0.3, -0.25) is 15.0 Å². The fraction of sp³-hybridized carbons (Fsp3) is 0.407. The van der Waals surface area contributed by atoms with Gasteiger partial charge in [0, 0.05) is 30.7 Å². The maximum absolute atomic E-state index is 14.6. The number of anilines is 1. The molecule has 1 aliphatic carbocycles. The zero-order chi connectivity index (χ0) is 27.3. The summed E-state index contributed by atoms with van der Waals surface area (Å²) in [6.07, 6.45) is 7.44. The van der Waals surface area contributed by atoms with Crippen molar-refractivity contribution in [1.29, 1.82) is 5.41 Å². The highest BCUT2D eigenvalue weighted by molar-refractivity contribution is 6.37. The molecule has 36 heavy (non-hydrogen) atoms. The lowest BCUT2D eigenvalue weighted by Crippen LogP contribution is -2.23. The summed E-state index contributed by atoms with van der Waals surface area (Å²) < 4.78 is 20.0. The average Bonchev–Trinajstić information content (AvgIpc) is 3.69. The number of nitrogens with zero attached hydrogens (tertiary/aromatic N) is 1. The van der Waals surface area contributed by atoms with E-state index in [1.54, 1.807) is 27.0 Å². The Kier molecular flexibility index (Phi) is 12.9. The molecule has 1 aromatic rings. The lowest BCUT2D eigenvalue weighted by atomic mass is 10.0. The van der Waals surface area contributed by atoms with Crippen molar-refractivity contribution in [2.45, 2.75) is 53.4 Å². The van der Waals surface area contributed by atoms with Crippen LogP contribution in [0.4, 0.5) is 10.1 Å². The van der Waals surface area contributed by atoms with Crippen molar-refractivity contribution in [2.24, 2.45) is 11.0 Å². The van der Waals surface area contributed by atoms with Gasteiger partial charge in [-0.15, -0.1) is 0 Å². The summed E-state index contributed by atoms with van der Waals surface area (Å²) in [5.74, 6) is -0.799. The summed E-state index contributed by atoms with van der Waals surface area (Å²) in [4.78, 5) is 24.7. The van der Waals surface area contributed by atoms with Crippen molar-refractivity contribution in [3.05, 3.63) is 59.2 Å². The molecular weight excluding hydrogens is 461 g/mol. The second-order valence-corrected chi connectivity index (χ2v) is 8.13. The van der Waals surface area contributed by atoms with Crippen LogP contribution in [0.3, 0.4) is 0 Å². The minimum atomic E-state index is -0.660. The third-order valence-electron chi connectivity index (χ3n) is 4.92. The number of ketones is 1.